The maximum Gasteiger partial charge on any atom is 0.343 e. The highest BCUT2D eigenvalue weighted by Gasteiger charge is 2.26. The van der Waals surface area contributed by atoms with E-state index in [1.807, 2.05) is 0 Å². The highest BCUT2D eigenvalue weighted by molar-refractivity contribution is 6.23. The summed E-state index contributed by atoms with van der Waals surface area (Å²) in [5, 5.41) is 10.7. The van der Waals surface area contributed by atoms with E-state index < -0.39 is 11.8 Å². The largest absolute Gasteiger partial charge is 0.465 e. The highest BCUT2D eigenvalue weighted by atomic mass is 16.5. The molecule has 7 heteroatoms. The Hall–Kier alpha value is -2.31. The summed E-state index contributed by atoms with van der Waals surface area (Å²) in [6.07, 6.45) is 0. The number of hydrogen-bond donors (Lipinski definition) is 0. The van der Waals surface area contributed by atoms with Crippen LogP contribution in [0.15, 0.2) is 32.1 Å². The predicted octanol–water partition coefficient (Wildman–Crippen LogP) is 1.69. The van der Waals surface area contributed by atoms with E-state index in [0.29, 0.717) is 5.76 Å². The summed E-state index contributed by atoms with van der Waals surface area (Å²) in [5.74, 6) is -0.925. The van der Waals surface area contributed by atoms with Crippen molar-refractivity contribution in [2.24, 2.45) is 10.2 Å². The smallest absolute Gasteiger partial charge is 0.343 e. The predicted molar refractivity (Wildman–Crippen MR) is 61.1 cm³/mol. The molecule has 0 bridgehead atoms. The van der Waals surface area contributed by atoms with Gasteiger partial charge in [-0.3, -0.25) is 4.79 Å². The van der Waals surface area contributed by atoms with Crippen LogP contribution < -0.4 is 0 Å². The van der Waals surface area contributed by atoms with Crippen LogP contribution in [0.5, 0.6) is 0 Å². The molecule has 0 aliphatic carbocycles. The normalized spacial score (nSPS) is 12.4. The van der Waals surface area contributed by atoms with Crippen LogP contribution in [0, 0.1) is 6.92 Å². The number of aryl methyl sites for hydroxylation is 1. The van der Waals surface area contributed by atoms with Crippen molar-refractivity contribution < 1.29 is 18.8 Å². The number of esters is 1. The molecule has 0 aliphatic rings. The first-order valence-electron chi connectivity index (χ1n) is 5.08. The molecule has 7 nitrogen and oxygen atoms in total. The standard InChI is InChI=1S/C11H13N3O4/c1-6-5-8(14-18-6)10(15)9(11(16)17-4)7(2)13-12-3/h5H,1-4H3. The summed E-state index contributed by atoms with van der Waals surface area (Å²) in [7, 11) is 2.61. The van der Waals surface area contributed by atoms with Crippen molar-refractivity contribution in [1.29, 1.82) is 0 Å². The number of ketones is 1. The van der Waals surface area contributed by atoms with Crippen molar-refractivity contribution in [1.82, 2.24) is 5.16 Å². The highest BCUT2D eigenvalue weighted by Crippen LogP contribution is 2.15. The van der Waals surface area contributed by atoms with E-state index in [2.05, 4.69) is 20.1 Å². The summed E-state index contributed by atoms with van der Waals surface area (Å²) >= 11 is 0. The Bertz CT molecular complexity index is 528. The summed E-state index contributed by atoms with van der Waals surface area (Å²) in [4.78, 5) is 23.7. The molecule has 1 aromatic rings. The molecule has 0 amide bonds. The zero-order valence-corrected chi connectivity index (χ0v) is 10.6. The summed E-state index contributed by atoms with van der Waals surface area (Å²) in [6, 6.07) is 1.43. The molecule has 0 saturated carbocycles. The summed E-state index contributed by atoms with van der Waals surface area (Å²) in [5.41, 5.74) is -0.0232. The maximum absolute atomic E-state index is 12.1. The number of aromatic nitrogens is 1. The van der Waals surface area contributed by atoms with Crippen LogP contribution in [0.3, 0.4) is 0 Å². The fourth-order valence-corrected chi connectivity index (χ4v) is 1.31. The molecule has 0 unspecified atom stereocenters. The van der Waals surface area contributed by atoms with Gasteiger partial charge >= 0.3 is 5.97 Å². The maximum atomic E-state index is 12.1. The lowest BCUT2D eigenvalue weighted by atomic mass is 10.1. The third-order valence-corrected chi connectivity index (χ3v) is 2.09. The molecular formula is C11H13N3O4. The van der Waals surface area contributed by atoms with Gasteiger partial charge < -0.3 is 9.26 Å². The van der Waals surface area contributed by atoms with Gasteiger partial charge in [0.2, 0.25) is 5.78 Å². The molecule has 0 aliphatic heterocycles. The van der Waals surface area contributed by atoms with E-state index in [-0.39, 0.29) is 17.0 Å². The number of methoxy groups -OCH3 is 1. The number of carbonyl (C=O) groups excluding carboxylic acids is 2. The monoisotopic (exact) mass is 251 g/mol. The van der Waals surface area contributed by atoms with Crippen LogP contribution in [0.1, 0.15) is 23.2 Å². The van der Waals surface area contributed by atoms with Crippen molar-refractivity contribution in [2.45, 2.75) is 13.8 Å². The van der Waals surface area contributed by atoms with Crippen molar-refractivity contribution in [3.8, 4) is 0 Å². The molecule has 0 spiro atoms. The van der Waals surface area contributed by atoms with Crippen LogP contribution in [0.2, 0.25) is 0 Å². The van der Waals surface area contributed by atoms with Crippen LogP contribution in [-0.2, 0) is 9.53 Å². The van der Waals surface area contributed by atoms with E-state index in [9.17, 15) is 9.59 Å². The first-order valence-corrected chi connectivity index (χ1v) is 5.08. The SMILES string of the molecule is CN=NC(C)=C(C(=O)OC)C(=O)c1cc(C)on1. The lowest BCUT2D eigenvalue weighted by molar-refractivity contribution is -0.135. The number of nitrogens with zero attached hydrogens (tertiary/aromatic N) is 3. The fraction of sp³-hybridized carbons (Fsp3) is 0.364. The van der Waals surface area contributed by atoms with Crippen LogP contribution in [0.25, 0.3) is 0 Å². The van der Waals surface area contributed by atoms with E-state index >= 15 is 0 Å². The topological polar surface area (TPSA) is 94.1 Å². The van der Waals surface area contributed by atoms with Crippen molar-refractivity contribution in [3.05, 3.63) is 28.8 Å². The third-order valence-electron chi connectivity index (χ3n) is 2.09. The average Bonchev–Trinajstić information content (AvgIpc) is 2.76. The molecule has 1 heterocycles. The number of rotatable bonds is 4. The van der Waals surface area contributed by atoms with Gasteiger partial charge in [-0.1, -0.05) is 5.16 Å². The fourth-order valence-electron chi connectivity index (χ4n) is 1.31. The Balaban J connectivity index is 3.24. The molecule has 1 aromatic heterocycles. The number of allylic oxidation sites excluding steroid dienone is 1. The molecule has 0 N–H and O–H groups in total. The zero-order valence-electron chi connectivity index (χ0n) is 10.6. The van der Waals surface area contributed by atoms with Gasteiger partial charge in [-0.05, 0) is 13.8 Å². The Labute approximate surface area is 104 Å². The molecular weight excluding hydrogens is 238 g/mol. The molecule has 0 radical (unpaired) electrons. The molecule has 96 valence electrons. The summed E-state index contributed by atoms with van der Waals surface area (Å²) < 4.78 is 9.34. The van der Waals surface area contributed by atoms with Gasteiger partial charge in [0.1, 0.15) is 11.3 Å². The minimum absolute atomic E-state index is 0.0264. The van der Waals surface area contributed by atoms with Gasteiger partial charge in [0, 0.05) is 13.1 Å². The van der Waals surface area contributed by atoms with Gasteiger partial charge in [0.05, 0.1) is 12.8 Å². The van der Waals surface area contributed by atoms with Crippen LogP contribution >= 0.6 is 0 Å². The minimum atomic E-state index is -0.787. The van der Waals surface area contributed by atoms with Gasteiger partial charge in [0.15, 0.2) is 5.69 Å². The second-order valence-electron chi connectivity index (χ2n) is 3.40. The average molecular weight is 251 g/mol. The molecule has 0 atom stereocenters. The third kappa shape index (κ3) is 2.88. The molecule has 0 fully saturated rings. The first kappa shape index (κ1) is 13.8. The lowest BCUT2D eigenvalue weighted by Gasteiger charge is -2.03. The van der Waals surface area contributed by atoms with E-state index in [1.165, 1.54) is 27.1 Å². The van der Waals surface area contributed by atoms with Gasteiger partial charge in [-0.15, -0.1) is 0 Å². The van der Waals surface area contributed by atoms with Gasteiger partial charge in [-0.25, -0.2) is 4.79 Å². The molecule has 0 saturated heterocycles. The second kappa shape index (κ2) is 5.85. The van der Waals surface area contributed by atoms with Crippen LogP contribution in [0.4, 0.5) is 0 Å². The lowest BCUT2D eigenvalue weighted by Crippen LogP contribution is -2.16. The number of hydrogen-bond acceptors (Lipinski definition) is 7. The molecule has 0 aromatic carbocycles. The number of azo groups is 1. The Morgan fingerprint density at radius 1 is 1.44 bits per heavy atom. The van der Waals surface area contributed by atoms with E-state index in [1.54, 1.807) is 6.92 Å². The molecule has 1 rings (SSSR count). The van der Waals surface area contributed by atoms with E-state index in [0.717, 1.165) is 0 Å². The Morgan fingerprint density at radius 3 is 2.56 bits per heavy atom. The summed E-state index contributed by atoms with van der Waals surface area (Å²) in [6.45, 7) is 3.13. The Morgan fingerprint density at radius 2 is 2.11 bits per heavy atom. The number of carbonyl (C=O) groups is 2. The minimum Gasteiger partial charge on any atom is -0.465 e. The second-order valence-corrected chi connectivity index (χ2v) is 3.40. The van der Waals surface area contributed by atoms with Crippen molar-refractivity contribution >= 4 is 11.8 Å². The van der Waals surface area contributed by atoms with Crippen LogP contribution in [-0.4, -0.2) is 31.1 Å². The van der Waals surface area contributed by atoms with E-state index in [4.69, 9.17) is 4.52 Å². The van der Waals surface area contributed by atoms with Crippen molar-refractivity contribution in [3.63, 3.8) is 0 Å². The zero-order chi connectivity index (χ0) is 13.7. The number of Topliss-reactive ketones (excluding diaryl/α,β-unsaturated/α-hetero) is 1. The molecule has 18 heavy (non-hydrogen) atoms. The van der Waals surface area contributed by atoms with Crippen molar-refractivity contribution in [2.75, 3.05) is 14.2 Å². The van der Waals surface area contributed by atoms with Gasteiger partial charge in [0.25, 0.3) is 0 Å². The quantitative estimate of drug-likeness (QED) is 0.203. The Kier molecular flexibility index (Phi) is 4.47. The number of ether oxygens (including phenoxy) is 1. The van der Waals surface area contributed by atoms with Gasteiger partial charge in [-0.2, -0.15) is 10.2 Å². The first-order chi connectivity index (χ1) is 8.51.